The molecule has 6 nitrogen and oxygen atoms in total. The second kappa shape index (κ2) is 4.15. The second-order valence-corrected chi connectivity index (χ2v) is 5.88. The first-order chi connectivity index (χ1) is 7.51. The van der Waals surface area contributed by atoms with Gasteiger partial charge in [-0.2, -0.15) is 4.31 Å². The number of hydrogen-bond acceptors (Lipinski definition) is 4. The van der Waals surface area contributed by atoms with Crippen molar-refractivity contribution in [2.75, 3.05) is 19.6 Å². The van der Waals surface area contributed by atoms with Crippen LogP contribution < -0.4 is 5.32 Å². The molecule has 1 N–H and O–H groups in total. The Hall–Kier alpha value is -0.920. The lowest BCUT2D eigenvalue weighted by Gasteiger charge is -2.32. The Bertz CT molecular complexity index is 468. The summed E-state index contributed by atoms with van der Waals surface area (Å²) in [6, 6.07) is -0.0271. The second-order valence-electron chi connectivity index (χ2n) is 4.05. The van der Waals surface area contributed by atoms with E-state index in [2.05, 4.69) is 10.3 Å². The number of hydrogen-bond donors (Lipinski definition) is 1. The van der Waals surface area contributed by atoms with Gasteiger partial charge in [-0.05, 0) is 6.92 Å². The molecule has 0 aromatic carbocycles. The quantitative estimate of drug-likeness (QED) is 0.754. The normalized spacial score (nSPS) is 23.5. The van der Waals surface area contributed by atoms with Gasteiger partial charge < -0.3 is 9.88 Å². The van der Waals surface area contributed by atoms with E-state index in [0.717, 1.165) is 0 Å². The van der Waals surface area contributed by atoms with Gasteiger partial charge >= 0.3 is 0 Å². The van der Waals surface area contributed by atoms with Crippen molar-refractivity contribution in [3.63, 3.8) is 0 Å². The fourth-order valence-corrected chi connectivity index (χ4v) is 3.42. The molecule has 2 rings (SSSR count). The average molecular weight is 244 g/mol. The largest absolute Gasteiger partial charge is 0.339 e. The Kier molecular flexibility index (Phi) is 3.00. The Balaban J connectivity index is 2.31. The van der Waals surface area contributed by atoms with E-state index < -0.39 is 10.0 Å². The van der Waals surface area contributed by atoms with Crippen LogP contribution in [0.2, 0.25) is 0 Å². The van der Waals surface area contributed by atoms with Crippen LogP contribution in [-0.2, 0) is 17.1 Å². The van der Waals surface area contributed by atoms with Crippen molar-refractivity contribution in [2.24, 2.45) is 7.05 Å². The summed E-state index contributed by atoms with van der Waals surface area (Å²) >= 11 is 0. The molecule has 0 bridgehead atoms. The molecular formula is C9H16N4O2S. The zero-order chi connectivity index (χ0) is 11.8. The lowest BCUT2D eigenvalue weighted by Crippen LogP contribution is -2.52. The molecule has 0 unspecified atom stereocenters. The summed E-state index contributed by atoms with van der Waals surface area (Å²) in [5.41, 5.74) is 0. The van der Waals surface area contributed by atoms with E-state index in [-0.39, 0.29) is 11.1 Å². The highest BCUT2D eigenvalue weighted by Gasteiger charge is 2.32. The van der Waals surface area contributed by atoms with Crippen LogP contribution in [0.15, 0.2) is 17.6 Å². The molecular weight excluding hydrogens is 228 g/mol. The molecule has 0 saturated carbocycles. The number of imidazole rings is 1. The van der Waals surface area contributed by atoms with Gasteiger partial charge in [0.05, 0.1) is 6.33 Å². The molecule has 1 fully saturated rings. The van der Waals surface area contributed by atoms with Crippen LogP contribution in [0.4, 0.5) is 0 Å². The molecule has 2 heterocycles. The molecule has 1 aliphatic heterocycles. The predicted octanol–water partition coefficient (Wildman–Crippen LogP) is -0.597. The van der Waals surface area contributed by atoms with E-state index in [1.165, 1.54) is 16.8 Å². The highest BCUT2D eigenvalue weighted by atomic mass is 32.2. The Morgan fingerprint density at radius 3 is 2.88 bits per heavy atom. The smallest absolute Gasteiger partial charge is 0.262 e. The third-order valence-corrected chi connectivity index (χ3v) is 4.59. The van der Waals surface area contributed by atoms with Crippen molar-refractivity contribution in [3.05, 3.63) is 12.5 Å². The summed E-state index contributed by atoms with van der Waals surface area (Å²) in [5.74, 6) is 0. The van der Waals surface area contributed by atoms with Crippen molar-refractivity contribution < 1.29 is 8.42 Å². The first-order valence-electron chi connectivity index (χ1n) is 5.22. The number of aromatic nitrogens is 2. The fraction of sp³-hybridized carbons (Fsp3) is 0.667. The molecule has 7 heteroatoms. The molecule has 16 heavy (non-hydrogen) atoms. The third-order valence-electron chi connectivity index (χ3n) is 2.69. The standard InChI is InChI=1S/C9H16N4O2S/c1-8-5-10-3-4-13(8)16(14,15)9-6-12(2)7-11-9/h6-8,10H,3-5H2,1-2H3/t8-/m0/s1. The minimum Gasteiger partial charge on any atom is -0.339 e. The van der Waals surface area contributed by atoms with Gasteiger partial charge in [-0.25, -0.2) is 13.4 Å². The monoisotopic (exact) mass is 244 g/mol. The summed E-state index contributed by atoms with van der Waals surface area (Å²) < 4.78 is 27.6. The Morgan fingerprint density at radius 1 is 1.56 bits per heavy atom. The Morgan fingerprint density at radius 2 is 2.31 bits per heavy atom. The predicted molar refractivity (Wildman–Crippen MR) is 59.4 cm³/mol. The molecule has 1 saturated heterocycles. The third kappa shape index (κ3) is 1.98. The molecule has 0 aliphatic carbocycles. The van der Waals surface area contributed by atoms with E-state index in [1.807, 2.05) is 6.92 Å². The van der Waals surface area contributed by atoms with Crippen molar-refractivity contribution in [1.29, 1.82) is 0 Å². The van der Waals surface area contributed by atoms with Gasteiger partial charge in [0.25, 0.3) is 10.0 Å². The first kappa shape index (κ1) is 11.6. The number of rotatable bonds is 2. The van der Waals surface area contributed by atoms with Crippen LogP contribution in [0.1, 0.15) is 6.92 Å². The van der Waals surface area contributed by atoms with Gasteiger partial charge in [0.1, 0.15) is 0 Å². The van der Waals surface area contributed by atoms with Gasteiger partial charge in [-0.3, -0.25) is 0 Å². The van der Waals surface area contributed by atoms with E-state index in [9.17, 15) is 8.42 Å². The average Bonchev–Trinajstić information content (AvgIpc) is 2.66. The van der Waals surface area contributed by atoms with E-state index in [4.69, 9.17) is 0 Å². The molecule has 0 radical (unpaired) electrons. The topological polar surface area (TPSA) is 67.2 Å². The van der Waals surface area contributed by atoms with Gasteiger partial charge in [0.15, 0.2) is 5.03 Å². The summed E-state index contributed by atoms with van der Waals surface area (Å²) in [6.45, 7) is 3.77. The lowest BCUT2D eigenvalue weighted by atomic mass is 10.3. The Labute approximate surface area is 95.3 Å². The number of nitrogens with one attached hydrogen (secondary N) is 1. The number of aryl methyl sites for hydroxylation is 1. The summed E-state index contributed by atoms with van der Waals surface area (Å²) in [6.07, 6.45) is 3.03. The first-order valence-corrected chi connectivity index (χ1v) is 6.66. The van der Waals surface area contributed by atoms with Gasteiger partial charge in [0.2, 0.25) is 0 Å². The van der Waals surface area contributed by atoms with Crippen molar-refractivity contribution in [1.82, 2.24) is 19.2 Å². The van der Waals surface area contributed by atoms with Crippen LogP contribution in [0.3, 0.4) is 0 Å². The van der Waals surface area contributed by atoms with Gasteiger partial charge in [-0.15, -0.1) is 0 Å². The zero-order valence-electron chi connectivity index (χ0n) is 9.42. The molecule has 90 valence electrons. The van der Waals surface area contributed by atoms with Gasteiger partial charge in [-0.1, -0.05) is 0 Å². The van der Waals surface area contributed by atoms with Crippen molar-refractivity contribution in [2.45, 2.75) is 18.0 Å². The fourth-order valence-electron chi connectivity index (χ4n) is 1.82. The van der Waals surface area contributed by atoms with Crippen LogP contribution in [-0.4, -0.2) is 48.0 Å². The number of nitrogens with zero attached hydrogens (tertiary/aromatic N) is 3. The van der Waals surface area contributed by atoms with Crippen molar-refractivity contribution in [3.8, 4) is 0 Å². The highest BCUT2D eigenvalue weighted by Crippen LogP contribution is 2.16. The summed E-state index contributed by atoms with van der Waals surface area (Å²) in [5, 5.41) is 3.29. The van der Waals surface area contributed by atoms with Gasteiger partial charge in [0, 0.05) is 38.9 Å². The number of sulfonamides is 1. The van der Waals surface area contributed by atoms with Crippen LogP contribution in [0.5, 0.6) is 0 Å². The maximum atomic E-state index is 12.2. The lowest BCUT2D eigenvalue weighted by molar-refractivity contribution is 0.283. The minimum atomic E-state index is -3.43. The molecule has 1 aromatic rings. The van der Waals surface area contributed by atoms with Crippen molar-refractivity contribution >= 4 is 10.0 Å². The van der Waals surface area contributed by atoms with E-state index in [1.54, 1.807) is 11.6 Å². The molecule has 1 atom stereocenters. The van der Waals surface area contributed by atoms with Crippen LogP contribution in [0, 0.1) is 0 Å². The maximum absolute atomic E-state index is 12.2. The maximum Gasteiger partial charge on any atom is 0.262 e. The highest BCUT2D eigenvalue weighted by molar-refractivity contribution is 7.89. The zero-order valence-corrected chi connectivity index (χ0v) is 10.2. The summed E-state index contributed by atoms with van der Waals surface area (Å²) in [7, 11) is -1.67. The minimum absolute atomic E-state index is 0.0271. The van der Waals surface area contributed by atoms with E-state index in [0.29, 0.717) is 19.6 Å². The van der Waals surface area contributed by atoms with E-state index >= 15 is 0 Å². The number of piperazine rings is 1. The summed E-state index contributed by atoms with van der Waals surface area (Å²) in [4.78, 5) is 3.91. The van der Waals surface area contributed by atoms with Crippen LogP contribution in [0.25, 0.3) is 0 Å². The van der Waals surface area contributed by atoms with Crippen LogP contribution >= 0.6 is 0 Å². The SMILES string of the molecule is C[C@H]1CNCCN1S(=O)(=O)c1cn(C)cn1. The molecule has 1 aliphatic rings. The molecule has 0 amide bonds. The molecule has 1 aromatic heterocycles. The molecule has 0 spiro atoms.